The molecule has 1 aliphatic heterocycles. The molecular weight excluding hydrogens is 250 g/mol. The minimum absolute atomic E-state index is 0.464. The number of aromatic nitrogens is 1. The molecule has 1 atom stereocenters. The van der Waals surface area contributed by atoms with Gasteiger partial charge in [0, 0.05) is 16.7 Å². The van der Waals surface area contributed by atoms with Crippen LogP contribution in [0.3, 0.4) is 0 Å². The highest BCUT2D eigenvalue weighted by molar-refractivity contribution is 8.14. The number of para-hydroxylation sites is 1. The molecule has 3 rings (SSSR count). The van der Waals surface area contributed by atoms with Gasteiger partial charge in [-0.05, 0) is 12.1 Å². The van der Waals surface area contributed by atoms with Gasteiger partial charge in [-0.1, -0.05) is 18.2 Å². The number of rotatable bonds is 2. The normalized spacial score (nSPS) is 18.9. The molecule has 0 aliphatic carbocycles. The maximum absolute atomic E-state index is 11.3. The van der Waals surface area contributed by atoms with E-state index in [0.29, 0.717) is 5.75 Å². The Morgan fingerprint density at radius 3 is 3.11 bits per heavy atom. The molecule has 1 aliphatic rings. The van der Waals surface area contributed by atoms with Crippen LogP contribution in [0.1, 0.15) is 5.69 Å². The topological polar surface area (TPSA) is 77.5 Å². The van der Waals surface area contributed by atoms with Crippen LogP contribution in [0, 0.1) is 0 Å². The van der Waals surface area contributed by atoms with Gasteiger partial charge in [-0.15, -0.1) is 11.8 Å². The van der Waals surface area contributed by atoms with E-state index in [1.165, 1.54) is 11.8 Å². The summed E-state index contributed by atoms with van der Waals surface area (Å²) < 4.78 is 0. The number of aliphatic imine (C=N–C) groups is 1. The molecule has 0 saturated heterocycles. The molecule has 0 fully saturated rings. The number of carbonyl (C=O) groups is 1. The largest absolute Gasteiger partial charge is 0.353 e. The molecule has 6 heteroatoms. The van der Waals surface area contributed by atoms with E-state index < -0.39 is 11.9 Å². The van der Waals surface area contributed by atoms with Gasteiger partial charge in [0.15, 0.2) is 0 Å². The summed E-state index contributed by atoms with van der Waals surface area (Å²) >= 11 is 1.51. The van der Waals surface area contributed by atoms with E-state index in [9.17, 15) is 4.79 Å². The van der Waals surface area contributed by atoms with Crippen molar-refractivity contribution in [2.24, 2.45) is 4.99 Å². The molecule has 0 saturated carbocycles. The number of hydrogen-bond donors (Lipinski definition) is 3. The predicted octanol–water partition coefficient (Wildman–Crippen LogP) is 1.54. The van der Waals surface area contributed by atoms with E-state index >= 15 is 0 Å². The first-order valence-corrected chi connectivity index (χ1v) is 6.49. The van der Waals surface area contributed by atoms with Crippen molar-refractivity contribution in [1.82, 2.24) is 10.5 Å². The average molecular weight is 261 g/mol. The highest BCUT2D eigenvalue weighted by atomic mass is 32.2. The number of amides is 1. The summed E-state index contributed by atoms with van der Waals surface area (Å²) in [5.74, 6) is 0.0884. The molecule has 1 amide bonds. The number of nitrogens with one attached hydrogen (secondary N) is 2. The van der Waals surface area contributed by atoms with Crippen LogP contribution >= 0.6 is 11.8 Å². The van der Waals surface area contributed by atoms with Crippen molar-refractivity contribution in [3.05, 3.63) is 36.0 Å². The Kier molecular flexibility index (Phi) is 2.81. The third kappa shape index (κ3) is 1.89. The second-order valence-electron chi connectivity index (χ2n) is 4.01. The number of thioether (sulfide) groups is 1. The van der Waals surface area contributed by atoms with Gasteiger partial charge in [0.2, 0.25) is 0 Å². The van der Waals surface area contributed by atoms with E-state index in [-0.39, 0.29) is 0 Å². The summed E-state index contributed by atoms with van der Waals surface area (Å²) in [6.45, 7) is 0. The molecule has 92 valence electrons. The monoisotopic (exact) mass is 261 g/mol. The molecule has 0 bridgehead atoms. The smallest absolute Gasteiger partial charge is 0.269 e. The lowest BCUT2D eigenvalue weighted by atomic mass is 10.2. The summed E-state index contributed by atoms with van der Waals surface area (Å²) in [5, 5.41) is 10.5. The Bertz CT molecular complexity index is 602. The summed E-state index contributed by atoms with van der Waals surface area (Å²) in [5.41, 5.74) is 3.59. The zero-order valence-electron chi connectivity index (χ0n) is 9.38. The highest BCUT2D eigenvalue weighted by Gasteiger charge is 2.26. The molecular formula is C12H11N3O2S. The standard InChI is InChI=1S/C12H11N3O2S/c16-11(15-17)10-6-18-12(14-10)9-5-7-3-1-2-4-8(7)13-9/h1-5,10,13,17H,6H2,(H,15,16). The lowest BCUT2D eigenvalue weighted by Crippen LogP contribution is -2.31. The van der Waals surface area contributed by atoms with Crippen molar-refractivity contribution in [2.75, 3.05) is 5.75 Å². The molecule has 2 aromatic rings. The van der Waals surface area contributed by atoms with Crippen LogP contribution in [-0.2, 0) is 4.79 Å². The number of hydroxylamine groups is 1. The Labute approximate surface area is 107 Å². The fourth-order valence-corrected chi connectivity index (χ4v) is 2.93. The summed E-state index contributed by atoms with van der Waals surface area (Å²) in [6, 6.07) is 9.46. The molecule has 2 heterocycles. The van der Waals surface area contributed by atoms with Crippen molar-refractivity contribution in [3.63, 3.8) is 0 Å². The molecule has 18 heavy (non-hydrogen) atoms. The van der Waals surface area contributed by atoms with E-state index in [2.05, 4.69) is 9.98 Å². The van der Waals surface area contributed by atoms with Gasteiger partial charge in [-0.2, -0.15) is 0 Å². The minimum Gasteiger partial charge on any atom is -0.353 e. The fourth-order valence-electron chi connectivity index (χ4n) is 1.92. The molecule has 0 radical (unpaired) electrons. The second kappa shape index (κ2) is 4.47. The number of carbonyl (C=O) groups excluding carboxylic acids is 1. The number of hydrogen-bond acceptors (Lipinski definition) is 4. The van der Waals surface area contributed by atoms with Crippen molar-refractivity contribution < 1.29 is 10.0 Å². The van der Waals surface area contributed by atoms with Crippen LogP contribution in [-0.4, -0.2) is 32.9 Å². The number of H-pyrrole nitrogens is 1. The molecule has 1 aromatic carbocycles. The van der Waals surface area contributed by atoms with Crippen molar-refractivity contribution in [1.29, 1.82) is 0 Å². The Morgan fingerprint density at radius 2 is 2.33 bits per heavy atom. The number of aromatic amines is 1. The fraction of sp³-hybridized carbons (Fsp3) is 0.167. The first-order valence-electron chi connectivity index (χ1n) is 5.50. The quantitative estimate of drug-likeness (QED) is 0.567. The highest BCUT2D eigenvalue weighted by Crippen LogP contribution is 2.25. The van der Waals surface area contributed by atoms with Gasteiger partial charge in [-0.3, -0.25) is 15.0 Å². The van der Waals surface area contributed by atoms with Crippen molar-refractivity contribution >= 4 is 33.6 Å². The third-order valence-corrected chi connectivity index (χ3v) is 3.91. The van der Waals surface area contributed by atoms with Crippen LogP contribution in [0.4, 0.5) is 0 Å². The van der Waals surface area contributed by atoms with Gasteiger partial charge >= 0.3 is 0 Å². The lowest BCUT2D eigenvalue weighted by molar-refractivity contribution is -0.129. The summed E-state index contributed by atoms with van der Waals surface area (Å²) in [6.07, 6.45) is 0. The van der Waals surface area contributed by atoms with Gasteiger partial charge in [0.25, 0.3) is 5.91 Å². The van der Waals surface area contributed by atoms with Gasteiger partial charge in [0.1, 0.15) is 11.1 Å². The summed E-state index contributed by atoms with van der Waals surface area (Å²) in [7, 11) is 0. The van der Waals surface area contributed by atoms with Crippen molar-refractivity contribution in [2.45, 2.75) is 6.04 Å². The molecule has 1 aromatic heterocycles. The SMILES string of the molecule is O=C(NO)C1CSC(c2cc3ccccc3[nH]2)=N1. The Balaban J connectivity index is 1.93. The van der Waals surface area contributed by atoms with E-state index in [1.807, 2.05) is 30.3 Å². The number of fused-ring (bicyclic) bond motifs is 1. The molecule has 3 N–H and O–H groups in total. The van der Waals surface area contributed by atoms with E-state index in [1.54, 1.807) is 5.48 Å². The van der Waals surface area contributed by atoms with Crippen LogP contribution in [0.5, 0.6) is 0 Å². The summed E-state index contributed by atoms with van der Waals surface area (Å²) in [4.78, 5) is 18.8. The lowest BCUT2D eigenvalue weighted by Gasteiger charge is -2.00. The maximum atomic E-state index is 11.3. The zero-order chi connectivity index (χ0) is 12.5. The molecule has 1 unspecified atom stereocenters. The van der Waals surface area contributed by atoms with E-state index in [0.717, 1.165) is 21.6 Å². The van der Waals surface area contributed by atoms with Crippen LogP contribution < -0.4 is 5.48 Å². The molecule has 0 spiro atoms. The number of benzene rings is 1. The second-order valence-corrected chi connectivity index (χ2v) is 5.02. The van der Waals surface area contributed by atoms with Gasteiger partial charge in [-0.25, -0.2) is 5.48 Å². The van der Waals surface area contributed by atoms with Crippen molar-refractivity contribution in [3.8, 4) is 0 Å². The average Bonchev–Trinajstić information content (AvgIpc) is 3.03. The first kappa shape index (κ1) is 11.3. The Hall–Kier alpha value is -1.79. The minimum atomic E-state index is -0.513. The predicted molar refractivity (Wildman–Crippen MR) is 71.0 cm³/mol. The van der Waals surface area contributed by atoms with Crippen LogP contribution in [0.2, 0.25) is 0 Å². The van der Waals surface area contributed by atoms with Crippen LogP contribution in [0.25, 0.3) is 10.9 Å². The van der Waals surface area contributed by atoms with Crippen LogP contribution in [0.15, 0.2) is 35.3 Å². The Morgan fingerprint density at radius 1 is 1.50 bits per heavy atom. The third-order valence-electron chi connectivity index (χ3n) is 2.82. The maximum Gasteiger partial charge on any atom is 0.269 e. The molecule has 5 nitrogen and oxygen atoms in total. The van der Waals surface area contributed by atoms with Gasteiger partial charge < -0.3 is 4.98 Å². The first-order chi connectivity index (χ1) is 8.78. The number of nitrogens with zero attached hydrogens (tertiary/aromatic N) is 1. The zero-order valence-corrected chi connectivity index (χ0v) is 10.2. The van der Waals surface area contributed by atoms with E-state index in [4.69, 9.17) is 5.21 Å². The van der Waals surface area contributed by atoms with Gasteiger partial charge in [0.05, 0.1) is 5.69 Å².